The molecule has 0 unspecified atom stereocenters. The third-order valence-corrected chi connectivity index (χ3v) is 16.0. The molecule has 0 bridgehead atoms. The van der Waals surface area contributed by atoms with Crippen molar-refractivity contribution in [2.24, 2.45) is 0 Å². The molecule has 0 aliphatic heterocycles. The van der Waals surface area contributed by atoms with Crippen LogP contribution in [-0.4, -0.2) is 100 Å². The molecular weight excluding hydrogens is 1340 g/mol. The van der Waals surface area contributed by atoms with Crippen LogP contribution in [0.25, 0.3) is 0 Å². The van der Waals surface area contributed by atoms with E-state index in [1.807, 2.05) is 0 Å². The molecule has 0 atom stereocenters. The molecule has 31 heteroatoms. The summed E-state index contributed by atoms with van der Waals surface area (Å²) in [6.07, 6.45) is 0. The number of hydrogen-bond donors (Lipinski definition) is 5. The van der Waals surface area contributed by atoms with Gasteiger partial charge >= 0.3 is 22.4 Å². The van der Waals surface area contributed by atoms with Crippen LogP contribution in [0, 0.1) is 0 Å². The molecule has 3 aromatic carbocycles. The highest BCUT2D eigenvalue weighted by Crippen LogP contribution is 2.25. The smallest absolute Gasteiger partial charge is 0.345 e. The van der Waals surface area contributed by atoms with Crippen LogP contribution in [0.1, 0.15) is 181 Å². The summed E-state index contributed by atoms with van der Waals surface area (Å²) < 4.78 is 0. The van der Waals surface area contributed by atoms with Crippen molar-refractivity contribution in [2.45, 2.75) is 41.5 Å². The Labute approximate surface area is 538 Å². The van der Waals surface area contributed by atoms with Crippen molar-refractivity contribution in [1.29, 1.82) is 0 Å². The average Bonchev–Trinajstić information content (AvgIpc) is 3.05. The SMILES string of the molecule is CC(=O)c1cc(N)cc(C(C)=O)c1.CC(=O)c1cc(NC(=O)c2ccc(C(=O)Nc3cc(C(C)=O)cc(C(C)=O)c3)s2)cc(C(C)=O)c1.O=C(Cl)C(=O)Cl.O=C(Cl)c1ccc(C(=O)Cl)s1.O=C(Cl)c1ccc(C(=O)Cl)s1.O=C(O)c1ccc(C(=O)O)s1. The number of Topliss-reactive ketones (excluding diaryl/α,β-unsaturated/α-hetero) is 6. The van der Waals surface area contributed by atoms with E-state index >= 15 is 0 Å². The third-order valence-electron chi connectivity index (χ3n) is 10.00. The summed E-state index contributed by atoms with van der Waals surface area (Å²) in [5, 5.41) is 17.5. The van der Waals surface area contributed by atoms with Crippen molar-refractivity contribution < 1.29 is 86.9 Å². The lowest BCUT2D eigenvalue weighted by atomic mass is 10.0. The maximum atomic E-state index is 12.7. The summed E-state index contributed by atoms with van der Waals surface area (Å²) in [5.74, 6) is -4.39. The molecule has 4 heterocycles. The van der Waals surface area contributed by atoms with Crippen LogP contribution in [-0.2, 0) is 9.59 Å². The van der Waals surface area contributed by atoms with Crippen LogP contribution in [0.4, 0.5) is 17.1 Å². The Bertz CT molecular complexity index is 3470. The molecule has 0 aliphatic rings. The summed E-state index contributed by atoms with van der Waals surface area (Å²) in [6.45, 7) is 8.33. The van der Waals surface area contributed by atoms with Crippen LogP contribution in [0.5, 0.6) is 0 Å². The molecule has 21 nitrogen and oxygen atoms in total. The van der Waals surface area contributed by atoms with Crippen LogP contribution < -0.4 is 16.4 Å². The second-order valence-corrected chi connectivity index (χ2v) is 23.0. The maximum Gasteiger partial charge on any atom is 0.345 e. The molecule has 4 aromatic heterocycles. The molecule has 0 radical (unpaired) electrons. The third kappa shape index (κ3) is 25.8. The number of ketones is 6. The Balaban J connectivity index is 0.000000406. The van der Waals surface area contributed by atoms with Crippen LogP contribution in [0.15, 0.2) is 103 Å². The van der Waals surface area contributed by atoms with Crippen LogP contribution >= 0.6 is 115 Å². The number of aromatic carboxylic acids is 2. The Morgan fingerprint density at radius 3 is 0.701 bits per heavy atom. The first-order chi connectivity index (χ1) is 40.4. The molecule has 0 saturated heterocycles. The van der Waals surface area contributed by atoms with Gasteiger partial charge in [-0.05, 0) is 214 Å². The van der Waals surface area contributed by atoms with E-state index < -0.39 is 55.2 Å². The largest absolute Gasteiger partial charge is 0.477 e. The van der Waals surface area contributed by atoms with Gasteiger partial charge < -0.3 is 26.6 Å². The molecule has 7 aromatic rings. The number of benzene rings is 3. The number of halogens is 6. The lowest BCUT2D eigenvalue weighted by Gasteiger charge is -2.08. The minimum absolute atomic E-state index is 0.0439. The van der Waals surface area contributed by atoms with E-state index in [0.29, 0.717) is 36.3 Å². The predicted molar refractivity (Wildman–Crippen MR) is 333 cm³/mol. The van der Waals surface area contributed by atoms with E-state index in [4.69, 9.17) is 62.4 Å². The molecule has 6 N–H and O–H groups in total. The Hall–Kier alpha value is -8.08. The number of anilines is 3. The quantitative estimate of drug-likeness (QED) is 0.0245. The van der Waals surface area contributed by atoms with Gasteiger partial charge in [0.15, 0.2) is 34.7 Å². The summed E-state index contributed by atoms with van der Waals surface area (Å²) in [6, 6.07) is 24.9. The monoisotopic (exact) mass is 1380 g/mol. The molecule has 2 amide bonds. The zero-order chi connectivity index (χ0) is 66.3. The summed E-state index contributed by atoms with van der Waals surface area (Å²) in [7, 11) is 0. The van der Waals surface area contributed by atoms with Gasteiger partial charge in [-0.1, -0.05) is 0 Å². The molecule has 87 heavy (non-hydrogen) atoms. The first kappa shape index (κ1) is 75.0. The second kappa shape index (κ2) is 35.5. The van der Waals surface area contributed by atoms with Crippen LogP contribution in [0.2, 0.25) is 0 Å². The van der Waals surface area contributed by atoms with Crippen molar-refractivity contribution in [3.8, 4) is 0 Å². The van der Waals surface area contributed by atoms with E-state index in [1.54, 1.807) is 18.2 Å². The zero-order valence-electron chi connectivity index (χ0n) is 45.2. The maximum absolute atomic E-state index is 12.7. The number of carboxylic acid groups (broad SMARTS) is 2. The molecular formula is C56H41Cl6N3O18S4. The van der Waals surface area contributed by atoms with E-state index in [2.05, 4.69) is 33.8 Å². The number of nitrogens with two attached hydrogens (primary N) is 1. The Morgan fingerprint density at radius 2 is 0.517 bits per heavy atom. The van der Waals surface area contributed by atoms with Crippen molar-refractivity contribution in [2.75, 3.05) is 16.4 Å². The van der Waals surface area contributed by atoms with Crippen molar-refractivity contribution in [3.05, 3.63) is 176 Å². The molecule has 0 aliphatic carbocycles. The van der Waals surface area contributed by atoms with Gasteiger partial charge in [-0.2, -0.15) is 0 Å². The van der Waals surface area contributed by atoms with Gasteiger partial charge in [-0.25, -0.2) is 9.59 Å². The number of hydrogen-bond acceptors (Lipinski definition) is 21. The van der Waals surface area contributed by atoms with Crippen molar-refractivity contribution >= 4 is 222 Å². The highest BCUT2D eigenvalue weighted by molar-refractivity contribution is 7.19. The minimum Gasteiger partial charge on any atom is -0.477 e. The number of nitrogens with one attached hydrogen (secondary N) is 2. The van der Waals surface area contributed by atoms with Crippen molar-refractivity contribution in [1.82, 2.24) is 0 Å². The molecule has 7 rings (SSSR count). The number of rotatable bonds is 17. The predicted octanol–water partition coefficient (Wildman–Crippen LogP) is 13.4. The van der Waals surface area contributed by atoms with Crippen molar-refractivity contribution in [3.63, 3.8) is 0 Å². The Kier molecular flexibility index (Phi) is 30.6. The van der Waals surface area contributed by atoms with Crippen LogP contribution in [0.3, 0.4) is 0 Å². The lowest BCUT2D eigenvalue weighted by molar-refractivity contribution is -0.127. The molecule has 0 saturated carbocycles. The number of thiophene rings is 4. The summed E-state index contributed by atoms with van der Waals surface area (Å²) >= 11 is 33.2. The van der Waals surface area contributed by atoms with Gasteiger partial charge in [0.05, 0.1) is 29.3 Å². The zero-order valence-corrected chi connectivity index (χ0v) is 53.0. The van der Waals surface area contributed by atoms with E-state index in [-0.39, 0.29) is 87.8 Å². The van der Waals surface area contributed by atoms with Gasteiger partial charge in [-0.3, -0.25) is 67.1 Å². The number of carbonyl (C=O) groups excluding carboxylic acids is 14. The van der Waals surface area contributed by atoms with Gasteiger partial charge in [0.2, 0.25) is 0 Å². The van der Waals surface area contributed by atoms with E-state index in [9.17, 15) is 76.7 Å². The van der Waals surface area contributed by atoms with E-state index in [1.165, 1.54) is 126 Å². The number of carboxylic acids is 2. The lowest BCUT2D eigenvalue weighted by Crippen LogP contribution is -2.12. The number of carbonyl (C=O) groups is 16. The summed E-state index contributed by atoms with van der Waals surface area (Å²) in [5.41, 5.74) is 8.65. The molecule has 454 valence electrons. The topological polar surface area (TPSA) is 364 Å². The summed E-state index contributed by atoms with van der Waals surface area (Å²) in [4.78, 5) is 178. The highest BCUT2D eigenvalue weighted by Gasteiger charge is 2.19. The van der Waals surface area contributed by atoms with Gasteiger partial charge in [0.25, 0.3) is 32.8 Å². The first-order valence-electron chi connectivity index (χ1n) is 23.4. The molecule has 0 fully saturated rings. The van der Waals surface area contributed by atoms with E-state index in [0.717, 1.165) is 45.3 Å². The average molecular weight is 1380 g/mol. The number of nitrogen functional groups attached to an aromatic ring is 1. The Morgan fingerprint density at radius 1 is 0.322 bits per heavy atom. The molecule has 0 spiro atoms. The fourth-order valence-corrected chi connectivity index (χ4v) is 9.44. The van der Waals surface area contributed by atoms with Gasteiger partial charge in [0, 0.05) is 50.4 Å². The first-order valence-corrected chi connectivity index (χ1v) is 28.9. The standard InChI is InChI=1S/C26H22N2O6S.C10H11NO2.2C6H2Cl2O2S.C6H4O4S.C2Cl2O2/c1-13(29)17-7-18(14(2)30)10-21(9-17)27-25(33)23-5-6-24(35-23)26(34)28-22-11-19(15(3)31)8-20(12-22)16(4)32;1-6(12)8-3-9(7(2)13)5-10(11)4-8;2*7-5(9)3-1-2-4(11-3)6(8)10;7-5(8)3-1-2-4(11-3)6(9)10;3-1(5)2(4)6/h5-12H,1-4H3,(H,27,33)(H,28,34);3-5H,11H2,1-2H3;2*1-2H;1-2H,(H,7,8)(H,9,10);. The fourth-order valence-electron chi connectivity index (χ4n) is 5.90. The van der Waals surface area contributed by atoms with Gasteiger partial charge in [-0.15, -0.1) is 45.3 Å². The highest BCUT2D eigenvalue weighted by atomic mass is 35.5. The number of amides is 2. The fraction of sp³-hybridized carbons (Fsp3) is 0.107. The minimum atomic E-state index is -1.14. The normalized spacial score (nSPS) is 9.79. The second-order valence-electron chi connectivity index (χ2n) is 16.6. The van der Waals surface area contributed by atoms with Gasteiger partial charge in [0.1, 0.15) is 9.75 Å².